The Kier molecular flexibility index (Phi) is 4.94. The highest BCUT2D eigenvalue weighted by atomic mass is 35.5. The first kappa shape index (κ1) is 16.6. The number of carbonyl (C=O) groups excluding carboxylic acids is 1. The molecule has 1 saturated heterocycles. The van der Waals surface area contributed by atoms with Crippen LogP contribution in [0.3, 0.4) is 0 Å². The molecule has 24 heavy (non-hydrogen) atoms. The summed E-state index contributed by atoms with van der Waals surface area (Å²) in [5.74, 6) is 0.194. The van der Waals surface area contributed by atoms with Crippen LogP contribution in [0, 0.1) is 5.82 Å². The summed E-state index contributed by atoms with van der Waals surface area (Å²) in [5.41, 5.74) is 1.68. The molecule has 0 spiro atoms. The number of hydrogen-bond donors (Lipinski definition) is 2. The molecule has 5 nitrogen and oxygen atoms in total. The lowest BCUT2D eigenvalue weighted by Crippen LogP contribution is -2.33. The number of nitrogens with zero attached hydrogens (tertiary/aromatic N) is 2. The summed E-state index contributed by atoms with van der Waals surface area (Å²) in [6.45, 7) is 2.57. The molecule has 2 heterocycles. The number of rotatable bonds is 4. The maximum Gasteiger partial charge on any atom is 0.224 e. The molecular weight excluding hydrogens is 331 g/mol. The Morgan fingerprint density at radius 2 is 2.08 bits per heavy atom. The van der Waals surface area contributed by atoms with Crippen molar-refractivity contribution in [2.24, 2.45) is 0 Å². The summed E-state index contributed by atoms with van der Waals surface area (Å²) in [6, 6.07) is 7.86. The van der Waals surface area contributed by atoms with Crippen LogP contribution in [-0.4, -0.2) is 22.4 Å². The molecule has 2 aromatic rings. The predicted molar refractivity (Wildman–Crippen MR) is 90.5 cm³/mol. The minimum atomic E-state index is -0.275. The zero-order valence-electron chi connectivity index (χ0n) is 13.2. The maximum absolute atomic E-state index is 13.0. The summed E-state index contributed by atoms with van der Waals surface area (Å²) >= 11 is 6.11. The van der Waals surface area contributed by atoms with Gasteiger partial charge >= 0.3 is 0 Å². The number of amides is 1. The number of benzene rings is 1. The van der Waals surface area contributed by atoms with Crippen LogP contribution in [0.25, 0.3) is 0 Å². The third-order valence-corrected chi connectivity index (χ3v) is 4.29. The molecule has 0 aliphatic carbocycles. The Bertz CT molecular complexity index is 738. The van der Waals surface area contributed by atoms with Gasteiger partial charge in [-0.3, -0.25) is 4.79 Å². The Hall–Kier alpha value is -2.21. The highest BCUT2D eigenvalue weighted by molar-refractivity contribution is 6.29. The van der Waals surface area contributed by atoms with Crippen LogP contribution < -0.4 is 10.6 Å². The molecule has 3 rings (SSSR count). The molecule has 0 saturated carbocycles. The van der Waals surface area contributed by atoms with Gasteiger partial charge in [-0.25, -0.2) is 14.4 Å². The van der Waals surface area contributed by atoms with Gasteiger partial charge < -0.3 is 10.6 Å². The monoisotopic (exact) mass is 348 g/mol. The van der Waals surface area contributed by atoms with Gasteiger partial charge in [-0.1, -0.05) is 23.7 Å². The van der Waals surface area contributed by atoms with Gasteiger partial charge in [0.15, 0.2) is 0 Å². The Balaban J connectivity index is 1.78. The molecule has 0 radical (unpaired) electrons. The lowest BCUT2D eigenvalue weighted by atomic mass is 9.94. The molecule has 7 heteroatoms. The van der Waals surface area contributed by atoms with Crippen LogP contribution in [-0.2, 0) is 4.79 Å². The largest absolute Gasteiger partial charge is 0.356 e. The normalized spacial score (nSPS) is 18.8. The lowest BCUT2D eigenvalue weighted by Gasteiger charge is -2.22. The molecule has 1 aliphatic heterocycles. The van der Waals surface area contributed by atoms with Crippen LogP contribution in [0.4, 0.5) is 10.3 Å². The van der Waals surface area contributed by atoms with E-state index < -0.39 is 0 Å². The van der Waals surface area contributed by atoms with Crippen molar-refractivity contribution in [2.75, 3.05) is 11.9 Å². The van der Waals surface area contributed by atoms with E-state index in [1.54, 1.807) is 18.2 Å². The number of aromatic nitrogens is 2. The van der Waals surface area contributed by atoms with Crippen molar-refractivity contribution in [3.63, 3.8) is 0 Å². The van der Waals surface area contributed by atoms with Crippen LogP contribution >= 0.6 is 11.6 Å². The number of halogens is 2. The van der Waals surface area contributed by atoms with E-state index >= 15 is 0 Å². The summed E-state index contributed by atoms with van der Waals surface area (Å²) in [5, 5.41) is 6.32. The number of nitrogens with one attached hydrogen (secondary N) is 2. The summed E-state index contributed by atoms with van der Waals surface area (Å²) < 4.78 is 13.0. The first-order chi connectivity index (χ1) is 11.5. The van der Waals surface area contributed by atoms with E-state index in [0.717, 1.165) is 17.7 Å². The Morgan fingerprint density at radius 1 is 1.33 bits per heavy atom. The van der Waals surface area contributed by atoms with Crippen LogP contribution in [0.15, 0.2) is 30.3 Å². The standard InChI is InChI=1S/C17H18ClFN4O/c1-10(11-2-4-13(19)5-3-11)21-17-22-14(9-15(18)23-17)12-6-7-20-16(24)8-12/h2-5,9-10,12H,6-8H2,1H3,(H,20,24)(H,21,22,23)/t10?,12-/m0/s1. The van der Waals surface area contributed by atoms with E-state index in [-0.39, 0.29) is 23.7 Å². The topological polar surface area (TPSA) is 66.9 Å². The summed E-state index contributed by atoms with van der Waals surface area (Å²) in [6.07, 6.45) is 1.23. The minimum absolute atomic E-state index is 0.0233. The first-order valence-corrected chi connectivity index (χ1v) is 8.22. The van der Waals surface area contributed by atoms with Crippen LogP contribution in [0.1, 0.15) is 43.0 Å². The number of piperidine rings is 1. The molecule has 1 amide bonds. The van der Waals surface area contributed by atoms with Crippen molar-refractivity contribution in [3.05, 3.63) is 52.6 Å². The molecule has 1 aromatic heterocycles. The molecule has 0 bridgehead atoms. The van der Waals surface area contributed by atoms with Gasteiger partial charge in [-0.15, -0.1) is 0 Å². The smallest absolute Gasteiger partial charge is 0.224 e. The second kappa shape index (κ2) is 7.13. The Labute approximate surface area is 144 Å². The first-order valence-electron chi connectivity index (χ1n) is 7.84. The number of hydrogen-bond acceptors (Lipinski definition) is 4. The lowest BCUT2D eigenvalue weighted by molar-refractivity contribution is -0.122. The Morgan fingerprint density at radius 3 is 2.79 bits per heavy atom. The molecular formula is C17H18ClFN4O. The van der Waals surface area contributed by atoms with Crippen LogP contribution in [0.5, 0.6) is 0 Å². The van der Waals surface area contributed by atoms with Gasteiger partial charge in [0.05, 0.1) is 11.7 Å². The minimum Gasteiger partial charge on any atom is -0.356 e. The SMILES string of the molecule is CC(Nc1nc(Cl)cc([C@H]2CCNC(=O)C2)n1)c1ccc(F)cc1. The third kappa shape index (κ3) is 4.00. The molecule has 1 aromatic carbocycles. The van der Waals surface area contributed by atoms with Gasteiger partial charge in [-0.2, -0.15) is 0 Å². The summed E-state index contributed by atoms with van der Waals surface area (Å²) in [7, 11) is 0. The fourth-order valence-corrected chi connectivity index (χ4v) is 2.97. The second-order valence-electron chi connectivity index (χ2n) is 5.90. The van der Waals surface area contributed by atoms with Crippen molar-refractivity contribution >= 4 is 23.5 Å². The van der Waals surface area contributed by atoms with Crippen LogP contribution in [0.2, 0.25) is 5.15 Å². The molecule has 2 N–H and O–H groups in total. The highest BCUT2D eigenvalue weighted by Crippen LogP contribution is 2.27. The number of carbonyl (C=O) groups is 1. The molecule has 1 unspecified atom stereocenters. The van der Waals surface area contributed by atoms with Gasteiger partial charge in [0.1, 0.15) is 11.0 Å². The third-order valence-electron chi connectivity index (χ3n) is 4.10. The quantitative estimate of drug-likeness (QED) is 0.831. The van der Waals surface area contributed by atoms with E-state index in [2.05, 4.69) is 20.6 Å². The zero-order valence-corrected chi connectivity index (χ0v) is 14.0. The summed E-state index contributed by atoms with van der Waals surface area (Å²) in [4.78, 5) is 20.3. The van der Waals surface area contributed by atoms with E-state index in [1.807, 2.05) is 6.92 Å². The van der Waals surface area contributed by atoms with E-state index in [4.69, 9.17) is 11.6 Å². The van der Waals surface area contributed by atoms with Gasteiger partial charge in [0.2, 0.25) is 11.9 Å². The molecule has 1 fully saturated rings. The van der Waals surface area contributed by atoms with Crippen molar-refractivity contribution in [2.45, 2.75) is 31.7 Å². The fraction of sp³-hybridized carbons (Fsp3) is 0.353. The average molecular weight is 349 g/mol. The van der Waals surface area contributed by atoms with Gasteiger partial charge in [0, 0.05) is 18.9 Å². The zero-order chi connectivity index (χ0) is 17.1. The van der Waals surface area contributed by atoms with Crippen molar-refractivity contribution in [1.29, 1.82) is 0 Å². The molecule has 126 valence electrons. The molecule has 1 aliphatic rings. The highest BCUT2D eigenvalue weighted by Gasteiger charge is 2.23. The second-order valence-corrected chi connectivity index (χ2v) is 6.28. The van der Waals surface area contributed by atoms with Crippen molar-refractivity contribution in [1.82, 2.24) is 15.3 Å². The van der Waals surface area contributed by atoms with Gasteiger partial charge in [0.25, 0.3) is 0 Å². The van der Waals surface area contributed by atoms with Crippen molar-refractivity contribution < 1.29 is 9.18 Å². The van der Waals surface area contributed by atoms with Gasteiger partial charge in [-0.05, 0) is 37.1 Å². The molecule has 2 atom stereocenters. The maximum atomic E-state index is 13.0. The van der Waals surface area contributed by atoms with E-state index in [1.165, 1.54) is 12.1 Å². The van der Waals surface area contributed by atoms with E-state index in [9.17, 15) is 9.18 Å². The van der Waals surface area contributed by atoms with E-state index in [0.29, 0.717) is 24.1 Å². The van der Waals surface area contributed by atoms with Crippen molar-refractivity contribution in [3.8, 4) is 0 Å². The average Bonchev–Trinajstić information content (AvgIpc) is 2.55. The predicted octanol–water partition coefficient (Wildman–Crippen LogP) is 3.44. The number of anilines is 1. The fourth-order valence-electron chi connectivity index (χ4n) is 2.77.